The van der Waals surface area contributed by atoms with Gasteiger partial charge in [-0.1, -0.05) is 30.3 Å². The standard InChI is InChI=1S/C11H19N3O2S/c1-12-17(15,16)13-9-11(14(2)3)10-7-5-4-6-8-10/h4-8,11-13H,9H2,1-3H3. The van der Waals surface area contributed by atoms with Crippen LogP contribution < -0.4 is 9.44 Å². The molecule has 1 aromatic carbocycles. The first-order valence-corrected chi connectivity index (χ1v) is 6.84. The van der Waals surface area contributed by atoms with Crippen LogP contribution in [-0.4, -0.2) is 41.0 Å². The van der Waals surface area contributed by atoms with E-state index in [2.05, 4.69) is 9.44 Å². The Morgan fingerprint density at radius 2 is 1.82 bits per heavy atom. The predicted molar refractivity (Wildman–Crippen MR) is 68.9 cm³/mol. The van der Waals surface area contributed by atoms with Gasteiger partial charge in [-0.05, 0) is 19.7 Å². The Morgan fingerprint density at radius 1 is 1.24 bits per heavy atom. The summed E-state index contributed by atoms with van der Waals surface area (Å²) in [5, 5.41) is 0. The molecular weight excluding hydrogens is 238 g/mol. The maximum absolute atomic E-state index is 11.3. The molecule has 0 aliphatic rings. The number of hydrogen-bond acceptors (Lipinski definition) is 3. The molecule has 0 radical (unpaired) electrons. The van der Waals surface area contributed by atoms with Crippen molar-refractivity contribution in [2.75, 3.05) is 27.7 Å². The molecular formula is C11H19N3O2S. The Balaban J connectivity index is 2.76. The van der Waals surface area contributed by atoms with E-state index in [1.54, 1.807) is 0 Å². The van der Waals surface area contributed by atoms with Crippen LogP contribution in [0.5, 0.6) is 0 Å². The van der Waals surface area contributed by atoms with Gasteiger partial charge in [0.1, 0.15) is 0 Å². The van der Waals surface area contributed by atoms with Gasteiger partial charge in [0, 0.05) is 19.6 Å². The van der Waals surface area contributed by atoms with Crippen LogP contribution in [0.2, 0.25) is 0 Å². The highest BCUT2D eigenvalue weighted by Gasteiger charge is 2.16. The fourth-order valence-electron chi connectivity index (χ4n) is 1.53. The second kappa shape index (κ2) is 6.11. The molecule has 96 valence electrons. The van der Waals surface area contributed by atoms with Crippen molar-refractivity contribution in [2.24, 2.45) is 0 Å². The third-order valence-corrected chi connectivity index (χ3v) is 3.63. The summed E-state index contributed by atoms with van der Waals surface area (Å²) in [4.78, 5) is 1.98. The van der Waals surface area contributed by atoms with Crippen molar-refractivity contribution in [3.63, 3.8) is 0 Å². The summed E-state index contributed by atoms with van der Waals surface area (Å²) < 4.78 is 27.4. The molecule has 0 aromatic heterocycles. The van der Waals surface area contributed by atoms with E-state index < -0.39 is 10.2 Å². The fraction of sp³-hybridized carbons (Fsp3) is 0.455. The van der Waals surface area contributed by atoms with Crippen molar-refractivity contribution in [1.82, 2.24) is 14.3 Å². The van der Waals surface area contributed by atoms with E-state index in [-0.39, 0.29) is 6.04 Å². The Bertz CT molecular complexity index is 431. The molecule has 0 aliphatic carbocycles. The predicted octanol–water partition coefficient (Wildman–Crippen LogP) is 0.343. The molecule has 6 heteroatoms. The maximum Gasteiger partial charge on any atom is 0.276 e. The van der Waals surface area contributed by atoms with Crippen molar-refractivity contribution < 1.29 is 8.42 Å². The van der Waals surface area contributed by atoms with Gasteiger partial charge in [-0.15, -0.1) is 0 Å². The van der Waals surface area contributed by atoms with Crippen LogP contribution in [0.1, 0.15) is 11.6 Å². The molecule has 17 heavy (non-hydrogen) atoms. The topological polar surface area (TPSA) is 61.4 Å². The van der Waals surface area contributed by atoms with Crippen LogP contribution in [0.25, 0.3) is 0 Å². The van der Waals surface area contributed by atoms with E-state index in [0.717, 1.165) is 5.56 Å². The van der Waals surface area contributed by atoms with Crippen LogP contribution in [0.3, 0.4) is 0 Å². The Kier molecular flexibility index (Phi) is 5.07. The number of nitrogens with zero attached hydrogens (tertiary/aromatic N) is 1. The molecule has 0 saturated carbocycles. The van der Waals surface area contributed by atoms with Gasteiger partial charge < -0.3 is 4.90 Å². The molecule has 0 amide bonds. The van der Waals surface area contributed by atoms with Gasteiger partial charge in [0.25, 0.3) is 10.2 Å². The van der Waals surface area contributed by atoms with Gasteiger partial charge in [-0.25, -0.2) is 9.44 Å². The zero-order chi connectivity index (χ0) is 12.9. The lowest BCUT2D eigenvalue weighted by molar-refractivity contribution is 0.299. The number of likely N-dealkylation sites (N-methyl/N-ethyl adjacent to an activating group) is 1. The molecule has 0 spiro atoms. The highest BCUT2D eigenvalue weighted by atomic mass is 32.2. The minimum absolute atomic E-state index is 0.0133. The number of benzene rings is 1. The molecule has 5 nitrogen and oxygen atoms in total. The molecule has 0 saturated heterocycles. The molecule has 1 aromatic rings. The Labute approximate surface area is 103 Å². The average Bonchev–Trinajstić information content (AvgIpc) is 2.30. The van der Waals surface area contributed by atoms with E-state index in [0.29, 0.717) is 6.54 Å². The van der Waals surface area contributed by atoms with Crippen LogP contribution in [0, 0.1) is 0 Å². The Hall–Kier alpha value is -0.950. The highest BCUT2D eigenvalue weighted by molar-refractivity contribution is 7.87. The van der Waals surface area contributed by atoms with Crippen LogP contribution in [-0.2, 0) is 10.2 Å². The average molecular weight is 257 g/mol. The minimum Gasteiger partial charge on any atom is -0.301 e. The van der Waals surface area contributed by atoms with Gasteiger partial charge in [0.05, 0.1) is 0 Å². The van der Waals surface area contributed by atoms with E-state index in [4.69, 9.17) is 0 Å². The van der Waals surface area contributed by atoms with Crippen LogP contribution in [0.4, 0.5) is 0 Å². The molecule has 2 N–H and O–H groups in total. The zero-order valence-electron chi connectivity index (χ0n) is 10.3. The third kappa shape index (κ3) is 4.43. The minimum atomic E-state index is -3.38. The molecule has 0 bridgehead atoms. The molecule has 1 atom stereocenters. The summed E-state index contributed by atoms with van der Waals surface area (Å²) in [6.07, 6.45) is 0. The van der Waals surface area contributed by atoms with Crippen LogP contribution >= 0.6 is 0 Å². The summed E-state index contributed by atoms with van der Waals surface area (Å²) in [7, 11) is 1.85. The normalized spacial score (nSPS) is 13.9. The van der Waals surface area contributed by atoms with Gasteiger partial charge in [0.15, 0.2) is 0 Å². The first kappa shape index (κ1) is 14.1. The van der Waals surface area contributed by atoms with Crippen molar-refractivity contribution in [2.45, 2.75) is 6.04 Å². The molecule has 0 heterocycles. The lowest BCUT2D eigenvalue weighted by Gasteiger charge is -2.24. The lowest BCUT2D eigenvalue weighted by Crippen LogP contribution is -2.39. The summed E-state index contributed by atoms with van der Waals surface area (Å²) in [5.41, 5.74) is 1.08. The second-order valence-corrected chi connectivity index (χ2v) is 5.65. The lowest BCUT2D eigenvalue weighted by atomic mass is 10.1. The quantitative estimate of drug-likeness (QED) is 0.772. The van der Waals surface area contributed by atoms with Gasteiger partial charge >= 0.3 is 0 Å². The molecule has 0 aliphatic heterocycles. The summed E-state index contributed by atoms with van der Waals surface area (Å²) >= 11 is 0. The van der Waals surface area contributed by atoms with Crippen molar-refractivity contribution in [1.29, 1.82) is 0 Å². The highest BCUT2D eigenvalue weighted by Crippen LogP contribution is 2.16. The number of hydrogen-bond donors (Lipinski definition) is 2. The van der Waals surface area contributed by atoms with E-state index >= 15 is 0 Å². The number of nitrogens with one attached hydrogen (secondary N) is 2. The largest absolute Gasteiger partial charge is 0.301 e. The van der Waals surface area contributed by atoms with Gasteiger partial charge in [0.2, 0.25) is 0 Å². The summed E-state index contributed by atoms with van der Waals surface area (Å²) in [5.74, 6) is 0. The molecule has 1 unspecified atom stereocenters. The van der Waals surface area contributed by atoms with Gasteiger partial charge in [-0.2, -0.15) is 8.42 Å². The SMILES string of the molecule is CNS(=O)(=O)NCC(c1ccccc1)N(C)C. The zero-order valence-corrected chi connectivity index (χ0v) is 11.2. The summed E-state index contributed by atoms with van der Waals surface area (Å²) in [6.45, 7) is 0.334. The monoisotopic (exact) mass is 257 g/mol. The Morgan fingerprint density at radius 3 is 2.29 bits per heavy atom. The van der Waals surface area contributed by atoms with Crippen molar-refractivity contribution >= 4 is 10.2 Å². The first-order chi connectivity index (χ1) is 7.96. The molecule has 0 fully saturated rings. The van der Waals surface area contributed by atoms with Gasteiger partial charge in [-0.3, -0.25) is 0 Å². The third-order valence-electron chi connectivity index (χ3n) is 2.54. The van der Waals surface area contributed by atoms with Crippen molar-refractivity contribution in [3.05, 3.63) is 35.9 Å². The maximum atomic E-state index is 11.3. The smallest absolute Gasteiger partial charge is 0.276 e. The van der Waals surface area contributed by atoms with Crippen LogP contribution in [0.15, 0.2) is 30.3 Å². The first-order valence-electron chi connectivity index (χ1n) is 5.36. The fourth-order valence-corrected chi connectivity index (χ4v) is 2.06. The van der Waals surface area contributed by atoms with Crippen molar-refractivity contribution in [3.8, 4) is 0 Å². The second-order valence-electron chi connectivity index (χ2n) is 3.95. The van der Waals surface area contributed by atoms with E-state index in [1.165, 1.54) is 7.05 Å². The molecule has 1 rings (SSSR count). The summed E-state index contributed by atoms with van der Waals surface area (Å²) in [6, 6.07) is 9.81. The number of rotatable bonds is 6. The van der Waals surface area contributed by atoms with E-state index in [1.807, 2.05) is 49.3 Å². The van der Waals surface area contributed by atoms with E-state index in [9.17, 15) is 8.42 Å².